The van der Waals surface area contributed by atoms with Crippen LogP contribution in [0.5, 0.6) is 0 Å². The monoisotopic (exact) mass is 437 g/mol. The van der Waals surface area contributed by atoms with Crippen LogP contribution in [0, 0.1) is 12.3 Å². The van der Waals surface area contributed by atoms with E-state index in [0.717, 1.165) is 5.56 Å². The van der Waals surface area contributed by atoms with Crippen LogP contribution >= 0.6 is 11.3 Å². The molecule has 1 aliphatic rings. The van der Waals surface area contributed by atoms with Gasteiger partial charge in [0.25, 0.3) is 0 Å². The molecule has 154 valence electrons. The SMILES string of the molecule is C#Cc1c(NC)sc2c1CCCC2.O=Cc1ccc(S(=O)(=O)c2ccccc2)cc1. The predicted molar refractivity (Wildman–Crippen MR) is 122 cm³/mol. The van der Waals surface area contributed by atoms with Crippen molar-refractivity contribution < 1.29 is 13.2 Å². The number of anilines is 1. The largest absolute Gasteiger partial charge is 0.379 e. The first-order valence-corrected chi connectivity index (χ1v) is 12.0. The second kappa shape index (κ2) is 9.75. The lowest BCUT2D eigenvalue weighted by molar-refractivity contribution is 0.112. The lowest BCUT2D eigenvalue weighted by atomic mass is 9.96. The third-order valence-electron chi connectivity index (χ3n) is 4.92. The van der Waals surface area contributed by atoms with Gasteiger partial charge in [-0.25, -0.2) is 8.42 Å². The zero-order chi connectivity index (χ0) is 21.6. The van der Waals surface area contributed by atoms with Crippen molar-refractivity contribution in [3.63, 3.8) is 0 Å². The Kier molecular flexibility index (Phi) is 7.09. The molecule has 6 heteroatoms. The number of carbonyl (C=O) groups is 1. The van der Waals surface area contributed by atoms with Crippen molar-refractivity contribution >= 4 is 32.5 Å². The molecule has 1 N–H and O–H groups in total. The quantitative estimate of drug-likeness (QED) is 0.462. The van der Waals surface area contributed by atoms with E-state index in [-0.39, 0.29) is 9.79 Å². The van der Waals surface area contributed by atoms with Gasteiger partial charge in [0.15, 0.2) is 0 Å². The molecular weight excluding hydrogens is 414 g/mol. The second-order valence-electron chi connectivity index (χ2n) is 6.81. The van der Waals surface area contributed by atoms with Crippen molar-refractivity contribution in [2.45, 2.75) is 35.5 Å². The highest BCUT2D eigenvalue weighted by Crippen LogP contribution is 2.37. The summed E-state index contributed by atoms with van der Waals surface area (Å²) in [4.78, 5) is 12.4. The topological polar surface area (TPSA) is 63.2 Å². The molecule has 1 aliphatic carbocycles. The molecule has 0 aliphatic heterocycles. The summed E-state index contributed by atoms with van der Waals surface area (Å²) in [6, 6.07) is 14.0. The molecule has 0 atom stereocenters. The van der Waals surface area contributed by atoms with E-state index < -0.39 is 9.84 Å². The third-order valence-corrected chi connectivity index (χ3v) is 8.02. The summed E-state index contributed by atoms with van der Waals surface area (Å²) < 4.78 is 24.3. The Balaban J connectivity index is 0.000000177. The van der Waals surface area contributed by atoms with Crippen molar-refractivity contribution in [2.75, 3.05) is 12.4 Å². The molecule has 0 saturated heterocycles. The number of terminal acetylenes is 1. The molecule has 0 saturated carbocycles. The number of sulfone groups is 1. The fraction of sp³-hybridized carbons (Fsp3) is 0.208. The van der Waals surface area contributed by atoms with E-state index in [1.165, 1.54) is 65.4 Å². The highest BCUT2D eigenvalue weighted by molar-refractivity contribution is 7.91. The van der Waals surface area contributed by atoms with Gasteiger partial charge in [0.05, 0.1) is 15.4 Å². The summed E-state index contributed by atoms with van der Waals surface area (Å²) in [5, 5.41) is 4.36. The van der Waals surface area contributed by atoms with Crippen molar-refractivity contribution in [3.8, 4) is 12.3 Å². The molecule has 0 fully saturated rings. The minimum absolute atomic E-state index is 0.189. The Bertz CT molecular complexity index is 1160. The maximum atomic E-state index is 12.1. The molecule has 0 spiro atoms. The van der Waals surface area contributed by atoms with Gasteiger partial charge in [0.2, 0.25) is 9.84 Å². The van der Waals surface area contributed by atoms with Crippen LogP contribution in [0.2, 0.25) is 0 Å². The Morgan fingerprint density at radius 1 is 1.00 bits per heavy atom. The molecular formula is C24H23NO3S2. The van der Waals surface area contributed by atoms with Crippen LogP contribution in [0.3, 0.4) is 0 Å². The van der Waals surface area contributed by atoms with Gasteiger partial charge in [0, 0.05) is 17.5 Å². The predicted octanol–water partition coefficient (Wildman–Crippen LogP) is 4.98. The van der Waals surface area contributed by atoms with Crippen LogP contribution < -0.4 is 5.32 Å². The second-order valence-corrected chi connectivity index (χ2v) is 9.87. The molecule has 0 bridgehead atoms. The van der Waals surface area contributed by atoms with E-state index in [1.54, 1.807) is 30.3 Å². The van der Waals surface area contributed by atoms with Crippen molar-refractivity contribution in [1.82, 2.24) is 0 Å². The smallest absolute Gasteiger partial charge is 0.206 e. The number of hydrogen-bond acceptors (Lipinski definition) is 5. The summed E-state index contributed by atoms with van der Waals surface area (Å²) in [5.41, 5.74) is 3.00. The van der Waals surface area contributed by atoms with Crippen LogP contribution in [-0.2, 0) is 22.7 Å². The zero-order valence-corrected chi connectivity index (χ0v) is 18.4. The maximum absolute atomic E-state index is 12.1. The van der Waals surface area contributed by atoms with Crippen LogP contribution in [0.25, 0.3) is 0 Å². The molecule has 2 aromatic carbocycles. The summed E-state index contributed by atoms with van der Waals surface area (Å²) in [5.74, 6) is 2.80. The number of rotatable bonds is 4. The Morgan fingerprint density at radius 3 is 2.23 bits per heavy atom. The van der Waals surface area contributed by atoms with E-state index in [1.807, 2.05) is 18.4 Å². The number of thiophene rings is 1. The van der Waals surface area contributed by atoms with E-state index in [4.69, 9.17) is 6.42 Å². The van der Waals surface area contributed by atoms with Crippen molar-refractivity contribution in [3.05, 3.63) is 76.2 Å². The minimum Gasteiger partial charge on any atom is -0.379 e. The zero-order valence-electron chi connectivity index (χ0n) is 16.7. The molecule has 4 rings (SSSR count). The number of fused-ring (bicyclic) bond motifs is 1. The summed E-state index contributed by atoms with van der Waals surface area (Å²) in [7, 11) is -1.54. The Labute approximate surface area is 181 Å². The number of nitrogens with one attached hydrogen (secondary N) is 1. The molecule has 1 aromatic heterocycles. The van der Waals surface area contributed by atoms with Gasteiger partial charge in [-0.05, 0) is 55.5 Å². The number of aryl methyl sites for hydroxylation is 1. The fourth-order valence-corrected chi connectivity index (χ4v) is 5.84. The van der Waals surface area contributed by atoms with Gasteiger partial charge in [0.1, 0.15) is 11.3 Å². The number of hydrogen-bond donors (Lipinski definition) is 1. The van der Waals surface area contributed by atoms with Crippen molar-refractivity contribution in [2.24, 2.45) is 0 Å². The van der Waals surface area contributed by atoms with Gasteiger partial charge in [-0.2, -0.15) is 0 Å². The summed E-state index contributed by atoms with van der Waals surface area (Å²) in [6.07, 6.45) is 11.2. The molecule has 30 heavy (non-hydrogen) atoms. The number of benzene rings is 2. The van der Waals surface area contributed by atoms with E-state index in [2.05, 4.69) is 11.2 Å². The fourth-order valence-electron chi connectivity index (χ4n) is 3.36. The van der Waals surface area contributed by atoms with Crippen molar-refractivity contribution in [1.29, 1.82) is 0 Å². The first-order chi connectivity index (χ1) is 14.5. The molecule has 1 heterocycles. The average molecular weight is 438 g/mol. The first-order valence-electron chi connectivity index (χ1n) is 9.65. The van der Waals surface area contributed by atoms with Gasteiger partial charge in [-0.1, -0.05) is 36.3 Å². The van der Waals surface area contributed by atoms with E-state index in [9.17, 15) is 13.2 Å². The maximum Gasteiger partial charge on any atom is 0.206 e. The van der Waals surface area contributed by atoms with E-state index >= 15 is 0 Å². The summed E-state index contributed by atoms with van der Waals surface area (Å²) in [6.45, 7) is 0. The number of carbonyl (C=O) groups excluding carboxylic acids is 1. The van der Waals surface area contributed by atoms with Gasteiger partial charge in [-0.15, -0.1) is 17.8 Å². The number of aldehydes is 1. The normalized spacial score (nSPS) is 12.7. The third kappa shape index (κ3) is 4.64. The molecule has 0 unspecified atom stereocenters. The first kappa shape index (κ1) is 21.8. The van der Waals surface area contributed by atoms with Crippen LogP contribution in [-0.4, -0.2) is 21.8 Å². The minimum atomic E-state index is -3.48. The molecule has 0 radical (unpaired) electrons. The lowest BCUT2D eigenvalue weighted by Gasteiger charge is -2.10. The highest BCUT2D eigenvalue weighted by atomic mass is 32.2. The Hall–Kier alpha value is -2.88. The Morgan fingerprint density at radius 2 is 1.63 bits per heavy atom. The molecule has 4 nitrogen and oxygen atoms in total. The lowest BCUT2D eigenvalue weighted by Crippen LogP contribution is -2.01. The van der Waals surface area contributed by atoms with Crippen LogP contribution in [0.4, 0.5) is 5.00 Å². The molecule has 0 amide bonds. The van der Waals surface area contributed by atoms with Gasteiger partial charge >= 0.3 is 0 Å². The molecule has 3 aromatic rings. The highest BCUT2D eigenvalue weighted by Gasteiger charge is 2.18. The van der Waals surface area contributed by atoms with Crippen LogP contribution in [0.15, 0.2) is 64.4 Å². The van der Waals surface area contributed by atoms with Gasteiger partial charge < -0.3 is 5.32 Å². The summed E-state index contributed by atoms with van der Waals surface area (Å²) >= 11 is 1.83. The van der Waals surface area contributed by atoms with Crippen LogP contribution in [0.1, 0.15) is 39.2 Å². The standard InChI is InChI=1S/C13H10O3S.C11H13NS/c14-10-11-6-8-13(9-7-11)17(15,16)12-4-2-1-3-5-12;1-3-8-9-6-4-5-7-10(9)13-11(8)12-2/h1-10H;1,12H,4-7H2,2H3. The average Bonchev–Trinajstić information content (AvgIpc) is 3.18. The van der Waals surface area contributed by atoms with E-state index in [0.29, 0.717) is 11.8 Å². The van der Waals surface area contributed by atoms with Gasteiger partial charge in [-0.3, -0.25) is 4.79 Å².